The Hall–Kier alpha value is 0.440. The number of rotatable bonds is 6. The molecule has 0 aliphatic carbocycles. The molecule has 100 valence electrons. The number of anilines is 1. The molecule has 0 spiro atoms. The number of carbonyl (C=O) groups excluding carboxylic acids is 1. The SMILES string of the molecule is NCCCSCC(=O)Nc1c(Br)cc(Br)cc1Br. The third-order valence-electron chi connectivity index (χ3n) is 2.00. The minimum Gasteiger partial charge on any atom is -0.330 e. The lowest BCUT2D eigenvalue weighted by Gasteiger charge is -2.10. The summed E-state index contributed by atoms with van der Waals surface area (Å²) in [5.74, 6) is 1.34. The van der Waals surface area contributed by atoms with E-state index in [0.29, 0.717) is 12.3 Å². The van der Waals surface area contributed by atoms with E-state index in [9.17, 15) is 4.79 Å². The van der Waals surface area contributed by atoms with Gasteiger partial charge < -0.3 is 11.1 Å². The van der Waals surface area contributed by atoms with Crippen LogP contribution in [-0.2, 0) is 4.79 Å². The maximum atomic E-state index is 11.7. The average Bonchev–Trinajstić information content (AvgIpc) is 2.29. The van der Waals surface area contributed by atoms with E-state index in [-0.39, 0.29) is 5.91 Å². The quantitative estimate of drug-likeness (QED) is 0.631. The summed E-state index contributed by atoms with van der Waals surface area (Å²) in [5, 5.41) is 2.88. The first-order valence-electron chi connectivity index (χ1n) is 5.26. The van der Waals surface area contributed by atoms with Crippen molar-refractivity contribution >= 4 is 71.1 Å². The van der Waals surface area contributed by atoms with Crippen LogP contribution in [0.1, 0.15) is 6.42 Å². The van der Waals surface area contributed by atoms with Crippen molar-refractivity contribution in [1.29, 1.82) is 0 Å². The molecule has 0 aliphatic heterocycles. The van der Waals surface area contributed by atoms with Crippen molar-refractivity contribution in [3.05, 3.63) is 25.6 Å². The number of halogens is 3. The molecule has 18 heavy (non-hydrogen) atoms. The van der Waals surface area contributed by atoms with Crippen molar-refractivity contribution in [2.75, 3.05) is 23.4 Å². The lowest BCUT2D eigenvalue weighted by Crippen LogP contribution is -2.15. The minimum atomic E-state index is -0.0132. The van der Waals surface area contributed by atoms with Crippen LogP contribution in [0.25, 0.3) is 0 Å². The zero-order chi connectivity index (χ0) is 13.5. The van der Waals surface area contributed by atoms with Gasteiger partial charge in [-0.25, -0.2) is 0 Å². The molecule has 3 nitrogen and oxygen atoms in total. The Bertz CT molecular complexity index is 406. The molecule has 0 aromatic heterocycles. The first-order valence-corrected chi connectivity index (χ1v) is 8.80. The van der Waals surface area contributed by atoms with Gasteiger partial charge in [0.1, 0.15) is 0 Å². The largest absolute Gasteiger partial charge is 0.330 e. The van der Waals surface area contributed by atoms with Gasteiger partial charge in [-0.05, 0) is 62.7 Å². The number of amides is 1. The fraction of sp³-hybridized carbons (Fsp3) is 0.364. The van der Waals surface area contributed by atoms with Crippen molar-refractivity contribution in [1.82, 2.24) is 0 Å². The van der Waals surface area contributed by atoms with Gasteiger partial charge in [-0.2, -0.15) is 11.8 Å². The van der Waals surface area contributed by atoms with Crippen LogP contribution in [0.5, 0.6) is 0 Å². The molecule has 1 aromatic carbocycles. The van der Waals surface area contributed by atoms with Crippen LogP contribution in [0.3, 0.4) is 0 Å². The lowest BCUT2D eigenvalue weighted by molar-refractivity contribution is -0.113. The summed E-state index contributed by atoms with van der Waals surface area (Å²) in [6, 6.07) is 3.78. The van der Waals surface area contributed by atoms with Crippen molar-refractivity contribution in [2.45, 2.75) is 6.42 Å². The number of nitrogens with one attached hydrogen (secondary N) is 1. The Labute approximate surface area is 136 Å². The number of thioether (sulfide) groups is 1. The second-order valence-corrected chi connectivity index (χ2v) is 7.22. The van der Waals surface area contributed by atoms with E-state index in [1.165, 1.54) is 0 Å². The van der Waals surface area contributed by atoms with E-state index < -0.39 is 0 Å². The topological polar surface area (TPSA) is 55.1 Å². The molecule has 1 rings (SSSR count). The van der Waals surface area contributed by atoms with Crippen LogP contribution in [-0.4, -0.2) is 24.0 Å². The highest BCUT2D eigenvalue weighted by Gasteiger charge is 2.10. The number of carbonyl (C=O) groups is 1. The predicted octanol–water partition coefficient (Wildman–Crippen LogP) is 3.99. The molecule has 1 amide bonds. The molecule has 0 saturated carbocycles. The second kappa shape index (κ2) is 8.58. The number of hydrogen-bond donors (Lipinski definition) is 2. The average molecular weight is 461 g/mol. The summed E-state index contributed by atoms with van der Waals surface area (Å²) in [6.07, 6.45) is 0.934. The van der Waals surface area contributed by atoms with E-state index in [4.69, 9.17) is 5.73 Å². The number of hydrogen-bond acceptors (Lipinski definition) is 3. The summed E-state index contributed by atoms with van der Waals surface area (Å²) < 4.78 is 2.62. The number of benzene rings is 1. The van der Waals surface area contributed by atoms with Gasteiger partial charge in [0.05, 0.1) is 11.4 Å². The van der Waals surface area contributed by atoms with Gasteiger partial charge in [0.25, 0.3) is 0 Å². The van der Waals surface area contributed by atoms with Crippen LogP contribution in [0, 0.1) is 0 Å². The van der Waals surface area contributed by atoms with Crippen LogP contribution in [0.15, 0.2) is 25.6 Å². The molecule has 0 heterocycles. The van der Waals surface area contributed by atoms with Crippen molar-refractivity contribution in [3.63, 3.8) is 0 Å². The van der Waals surface area contributed by atoms with Crippen LogP contribution in [0.2, 0.25) is 0 Å². The fourth-order valence-corrected chi connectivity index (χ4v) is 4.42. The molecule has 0 saturated heterocycles. The molecule has 0 bridgehead atoms. The van der Waals surface area contributed by atoms with Gasteiger partial charge in [0, 0.05) is 13.4 Å². The second-order valence-electron chi connectivity index (χ2n) is 3.49. The molecule has 0 radical (unpaired) electrons. The van der Waals surface area contributed by atoms with Crippen LogP contribution >= 0.6 is 59.6 Å². The third kappa shape index (κ3) is 5.61. The first kappa shape index (κ1) is 16.5. The van der Waals surface area contributed by atoms with Crippen molar-refractivity contribution in [2.24, 2.45) is 5.73 Å². The molecule has 0 atom stereocenters. The highest BCUT2D eigenvalue weighted by atomic mass is 79.9. The van der Waals surface area contributed by atoms with E-state index in [0.717, 1.165) is 31.3 Å². The zero-order valence-corrected chi connectivity index (χ0v) is 15.1. The summed E-state index contributed by atoms with van der Waals surface area (Å²) in [4.78, 5) is 11.7. The van der Waals surface area contributed by atoms with Gasteiger partial charge in [0.15, 0.2) is 0 Å². The van der Waals surface area contributed by atoms with E-state index >= 15 is 0 Å². The first-order chi connectivity index (χ1) is 8.54. The minimum absolute atomic E-state index is 0.0132. The smallest absolute Gasteiger partial charge is 0.234 e. The van der Waals surface area contributed by atoms with E-state index in [1.807, 2.05) is 12.1 Å². The fourth-order valence-electron chi connectivity index (χ4n) is 1.19. The molecule has 1 aromatic rings. The standard InChI is InChI=1S/C11H13Br3N2OS/c12-7-4-8(13)11(9(14)5-7)16-10(17)6-18-3-1-2-15/h4-5H,1-3,6,15H2,(H,16,17). The molecular formula is C11H13Br3N2OS. The maximum absolute atomic E-state index is 11.7. The molecular weight excluding hydrogens is 448 g/mol. The Kier molecular flexibility index (Phi) is 7.86. The zero-order valence-electron chi connectivity index (χ0n) is 9.51. The van der Waals surface area contributed by atoms with Gasteiger partial charge in [0.2, 0.25) is 5.91 Å². The summed E-state index contributed by atoms with van der Waals surface area (Å²) >= 11 is 11.8. The lowest BCUT2D eigenvalue weighted by atomic mass is 10.3. The molecule has 0 aliphatic rings. The maximum Gasteiger partial charge on any atom is 0.234 e. The highest BCUT2D eigenvalue weighted by Crippen LogP contribution is 2.34. The van der Waals surface area contributed by atoms with Gasteiger partial charge in [-0.1, -0.05) is 15.9 Å². The van der Waals surface area contributed by atoms with Gasteiger partial charge >= 0.3 is 0 Å². The molecule has 3 N–H and O–H groups in total. The third-order valence-corrected chi connectivity index (χ3v) is 4.75. The normalized spacial score (nSPS) is 10.4. The van der Waals surface area contributed by atoms with Crippen molar-refractivity contribution in [3.8, 4) is 0 Å². The molecule has 0 fully saturated rings. The Morgan fingerprint density at radius 1 is 1.28 bits per heavy atom. The van der Waals surface area contributed by atoms with E-state index in [1.54, 1.807) is 11.8 Å². The Balaban J connectivity index is 2.54. The Morgan fingerprint density at radius 2 is 1.89 bits per heavy atom. The molecule has 0 unspecified atom stereocenters. The molecule has 7 heteroatoms. The van der Waals surface area contributed by atoms with Crippen LogP contribution in [0.4, 0.5) is 5.69 Å². The monoisotopic (exact) mass is 458 g/mol. The Morgan fingerprint density at radius 3 is 2.44 bits per heavy atom. The van der Waals surface area contributed by atoms with E-state index in [2.05, 4.69) is 53.1 Å². The van der Waals surface area contributed by atoms with Gasteiger partial charge in [-0.3, -0.25) is 4.79 Å². The van der Waals surface area contributed by atoms with Gasteiger partial charge in [-0.15, -0.1) is 0 Å². The number of nitrogens with two attached hydrogens (primary N) is 1. The summed E-state index contributed by atoms with van der Waals surface area (Å²) in [6.45, 7) is 0.665. The highest BCUT2D eigenvalue weighted by molar-refractivity contribution is 9.11. The predicted molar refractivity (Wildman–Crippen MR) is 89.2 cm³/mol. The summed E-state index contributed by atoms with van der Waals surface area (Å²) in [7, 11) is 0. The van der Waals surface area contributed by atoms with Crippen molar-refractivity contribution < 1.29 is 4.79 Å². The summed E-state index contributed by atoms with van der Waals surface area (Å²) in [5.41, 5.74) is 6.14. The van der Waals surface area contributed by atoms with Crippen LogP contribution < -0.4 is 11.1 Å².